The van der Waals surface area contributed by atoms with E-state index >= 15 is 0 Å². The van der Waals surface area contributed by atoms with Crippen molar-refractivity contribution < 1.29 is 9.18 Å². The highest BCUT2D eigenvalue weighted by Gasteiger charge is 2.05. The van der Waals surface area contributed by atoms with Crippen molar-refractivity contribution in [1.29, 1.82) is 0 Å². The van der Waals surface area contributed by atoms with Gasteiger partial charge in [-0.25, -0.2) is 9.37 Å². The second kappa shape index (κ2) is 6.96. The van der Waals surface area contributed by atoms with Crippen LogP contribution in [0.4, 0.5) is 4.39 Å². The summed E-state index contributed by atoms with van der Waals surface area (Å²) in [6, 6.07) is 2.61. The van der Waals surface area contributed by atoms with Gasteiger partial charge in [-0.15, -0.1) is 0 Å². The van der Waals surface area contributed by atoms with Gasteiger partial charge in [-0.3, -0.25) is 4.79 Å². The van der Waals surface area contributed by atoms with Gasteiger partial charge in [0.05, 0.1) is 6.20 Å². The van der Waals surface area contributed by atoms with Crippen molar-refractivity contribution in [3.8, 4) is 0 Å². The van der Waals surface area contributed by atoms with E-state index in [2.05, 4.69) is 15.2 Å². The molecule has 0 aliphatic carbocycles. The molecule has 1 aromatic heterocycles. The standard InChI is InChI=1S/C12H18FN3O/c1-16(2)8-4-3-7-14-12(17)11-6-5-10(13)9-15-11/h5-6,9H,3-4,7-8H2,1-2H3,(H,14,17). The summed E-state index contributed by atoms with van der Waals surface area (Å²) in [4.78, 5) is 17.4. The molecule has 0 aromatic carbocycles. The Labute approximate surface area is 101 Å². The zero-order valence-electron chi connectivity index (χ0n) is 10.2. The monoisotopic (exact) mass is 239 g/mol. The zero-order chi connectivity index (χ0) is 12.7. The van der Waals surface area contributed by atoms with Crippen LogP contribution in [0.3, 0.4) is 0 Å². The third kappa shape index (κ3) is 5.40. The van der Waals surface area contributed by atoms with Crippen LogP contribution < -0.4 is 5.32 Å². The Bertz CT molecular complexity index is 351. The van der Waals surface area contributed by atoms with E-state index in [4.69, 9.17) is 0 Å². The topological polar surface area (TPSA) is 45.2 Å². The number of unbranched alkanes of at least 4 members (excludes halogenated alkanes) is 1. The summed E-state index contributed by atoms with van der Waals surface area (Å²) in [5, 5.41) is 2.75. The molecule has 0 atom stereocenters. The molecule has 0 fully saturated rings. The molecular weight excluding hydrogens is 221 g/mol. The van der Waals surface area contributed by atoms with E-state index in [1.165, 1.54) is 12.1 Å². The zero-order valence-corrected chi connectivity index (χ0v) is 10.2. The van der Waals surface area contributed by atoms with Crippen LogP contribution >= 0.6 is 0 Å². The van der Waals surface area contributed by atoms with Crippen LogP contribution in [0.1, 0.15) is 23.3 Å². The van der Waals surface area contributed by atoms with Crippen LogP contribution in [0.15, 0.2) is 18.3 Å². The molecule has 0 saturated carbocycles. The summed E-state index contributed by atoms with van der Waals surface area (Å²) in [6.45, 7) is 1.62. The number of pyridine rings is 1. The molecule has 1 aromatic rings. The van der Waals surface area contributed by atoms with Gasteiger partial charge in [-0.1, -0.05) is 0 Å². The Hall–Kier alpha value is -1.49. The molecule has 0 aliphatic heterocycles. The molecule has 0 radical (unpaired) electrons. The second-order valence-corrected chi connectivity index (χ2v) is 4.13. The van der Waals surface area contributed by atoms with E-state index in [9.17, 15) is 9.18 Å². The summed E-state index contributed by atoms with van der Waals surface area (Å²) in [5.41, 5.74) is 0.249. The Balaban J connectivity index is 2.23. The number of nitrogens with one attached hydrogen (secondary N) is 1. The summed E-state index contributed by atoms with van der Waals surface area (Å²) >= 11 is 0. The minimum absolute atomic E-state index is 0.249. The number of carbonyl (C=O) groups excluding carboxylic acids is 1. The number of halogens is 1. The lowest BCUT2D eigenvalue weighted by Gasteiger charge is -2.09. The number of nitrogens with zero attached hydrogens (tertiary/aromatic N) is 2. The summed E-state index contributed by atoms with van der Waals surface area (Å²) in [6.07, 6.45) is 3.00. The highest BCUT2D eigenvalue weighted by Crippen LogP contribution is 1.98. The van der Waals surface area contributed by atoms with Crippen LogP contribution in [0.25, 0.3) is 0 Å². The average molecular weight is 239 g/mol. The molecule has 0 unspecified atom stereocenters. The van der Waals surface area contributed by atoms with Crippen LogP contribution in [0.2, 0.25) is 0 Å². The fourth-order valence-corrected chi connectivity index (χ4v) is 1.36. The predicted molar refractivity (Wildman–Crippen MR) is 64.3 cm³/mol. The van der Waals surface area contributed by atoms with Crippen molar-refractivity contribution in [2.45, 2.75) is 12.8 Å². The third-order valence-corrected chi connectivity index (χ3v) is 2.28. The lowest BCUT2D eigenvalue weighted by Crippen LogP contribution is -2.26. The van der Waals surface area contributed by atoms with E-state index < -0.39 is 5.82 Å². The molecular formula is C12H18FN3O. The van der Waals surface area contributed by atoms with Gasteiger partial charge in [-0.2, -0.15) is 0 Å². The first-order valence-electron chi connectivity index (χ1n) is 5.64. The molecule has 0 saturated heterocycles. The maximum atomic E-state index is 12.6. The first-order chi connectivity index (χ1) is 8.09. The Morgan fingerprint density at radius 3 is 2.76 bits per heavy atom. The SMILES string of the molecule is CN(C)CCCCNC(=O)c1ccc(F)cn1. The molecule has 1 rings (SSSR count). The molecule has 0 bridgehead atoms. The third-order valence-electron chi connectivity index (χ3n) is 2.28. The van der Waals surface area contributed by atoms with Gasteiger partial charge in [-0.05, 0) is 45.6 Å². The summed E-state index contributed by atoms with van der Waals surface area (Å²) in [5.74, 6) is -0.692. The van der Waals surface area contributed by atoms with Crippen LogP contribution in [0.5, 0.6) is 0 Å². The van der Waals surface area contributed by atoms with Gasteiger partial charge in [0.15, 0.2) is 0 Å². The quantitative estimate of drug-likeness (QED) is 0.761. The minimum Gasteiger partial charge on any atom is -0.351 e. The molecule has 17 heavy (non-hydrogen) atoms. The van der Waals surface area contributed by atoms with E-state index in [0.717, 1.165) is 25.6 Å². The first kappa shape index (κ1) is 13.6. The maximum Gasteiger partial charge on any atom is 0.269 e. The highest BCUT2D eigenvalue weighted by molar-refractivity contribution is 5.92. The van der Waals surface area contributed by atoms with Crippen molar-refractivity contribution in [2.24, 2.45) is 0 Å². The van der Waals surface area contributed by atoms with Crippen molar-refractivity contribution in [2.75, 3.05) is 27.2 Å². The number of rotatable bonds is 6. The Kier molecular flexibility index (Phi) is 5.56. The fourth-order valence-electron chi connectivity index (χ4n) is 1.36. The summed E-state index contributed by atoms with van der Waals surface area (Å²) < 4.78 is 12.6. The number of aromatic nitrogens is 1. The highest BCUT2D eigenvalue weighted by atomic mass is 19.1. The first-order valence-corrected chi connectivity index (χ1v) is 5.64. The van der Waals surface area contributed by atoms with E-state index in [1.54, 1.807) is 0 Å². The second-order valence-electron chi connectivity index (χ2n) is 4.13. The van der Waals surface area contributed by atoms with Gasteiger partial charge in [0.25, 0.3) is 5.91 Å². The number of amides is 1. The fraction of sp³-hybridized carbons (Fsp3) is 0.500. The van der Waals surface area contributed by atoms with Crippen LogP contribution in [-0.4, -0.2) is 43.0 Å². The Morgan fingerprint density at radius 1 is 1.41 bits per heavy atom. The van der Waals surface area contributed by atoms with E-state index in [0.29, 0.717) is 6.54 Å². The van der Waals surface area contributed by atoms with E-state index in [1.807, 2.05) is 14.1 Å². The van der Waals surface area contributed by atoms with Gasteiger partial charge in [0.1, 0.15) is 11.5 Å². The van der Waals surface area contributed by atoms with Crippen molar-refractivity contribution in [3.05, 3.63) is 29.8 Å². The van der Waals surface area contributed by atoms with Crippen molar-refractivity contribution in [3.63, 3.8) is 0 Å². The van der Waals surface area contributed by atoms with Crippen LogP contribution in [0, 0.1) is 5.82 Å². The van der Waals surface area contributed by atoms with Crippen molar-refractivity contribution in [1.82, 2.24) is 15.2 Å². The van der Waals surface area contributed by atoms with Gasteiger partial charge in [0, 0.05) is 6.54 Å². The summed E-state index contributed by atoms with van der Waals surface area (Å²) in [7, 11) is 4.03. The Morgan fingerprint density at radius 2 is 2.18 bits per heavy atom. The predicted octanol–water partition coefficient (Wildman–Crippen LogP) is 1.29. The molecule has 94 valence electrons. The molecule has 0 aliphatic rings. The normalized spacial score (nSPS) is 10.6. The largest absolute Gasteiger partial charge is 0.351 e. The maximum absolute atomic E-state index is 12.6. The number of hydrogen-bond acceptors (Lipinski definition) is 3. The van der Waals surface area contributed by atoms with Gasteiger partial charge >= 0.3 is 0 Å². The lowest BCUT2D eigenvalue weighted by molar-refractivity contribution is 0.0947. The van der Waals surface area contributed by atoms with Crippen molar-refractivity contribution >= 4 is 5.91 Å². The molecule has 0 spiro atoms. The van der Waals surface area contributed by atoms with Gasteiger partial charge < -0.3 is 10.2 Å². The van der Waals surface area contributed by atoms with Gasteiger partial charge in [0.2, 0.25) is 0 Å². The van der Waals surface area contributed by atoms with Crippen LogP contribution in [-0.2, 0) is 0 Å². The molecule has 1 heterocycles. The lowest BCUT2D eigenvalue weighted by atomic mass is 10.3. The molecule has 5 heteroatoms. The molecule has 1 N–H and O–H groups in total. The van der Waals surface area contributed by atoms with E-state index in [-0.39, 0.29) is 11.6 Å². The smallest absolute Gasteiger partial charge is 0.269 e. The minimum atomic E-state index is -0.437. The number of carbonyl (C=O) groups is 1. The average Bonchev–Trinajstić information content (AvgIpc) is 2.29. The molecule has 4 nitrogen and oxygen atoms in total. The molecule has 1 amide bonds. The number of hydrogen-bond donors (Lipinski definition) is 1.